The van der Waals surface area contributed by atoms with E-state index in [-0.39, 0.29) is 0 Å². The lowest BCUT2D eigenvalue weighted by Gasteiger charge is -2.18. The van der Waals surface area contributed by atoms with Crippen LogP contribution in [-0.4, -0.2) is 20.2 Å². The highest BCUT2D eigenvalue weighted by molar-refractivity contribution is 7.18. The van der Waals surface area contributed by atoms with Gasteiger partial charge in [0, 0.05) is 11.4 Å². The van der Waals surface area contributed by atoms with E-state index in [1.54, 1.807) is 4.57 Å². The third kappa shape index (κ3) is 3.30. The minimum absolute atomic E-state index is 0.411. The fourth-order valence-electron chi connectivity index (χ4n) is 3.97. The van der Waals surface area contributed by atoms with E-state index in [2.05, 4.69) is 6.92 Å². The van der Waals surface area contributed by atoms with Crippen LogP contribution in [0.3, 0.4) is 0 Å². The predicted octanol–water partition coefficient (Wildman–Crippen LogP) is 2.68. The second-order valence-electron chi connectivity index (χ2n) is 7.49. The summed E-state index contributed by atoms with van der Waals surface area (Å²) in [5.74, 6) is -0.715. The van der Waals surface area contributed by atoms with E-state index in [0.29, 0.717) is 29.1 Å². The number of benzene rings is 1. The van der Waals surface area contributed by atoms with Crippen molar-refractivity contribution in [2.24, 2.45) is 5.92 Å². The van der Waals surface area contributed by atoms with Gasteiger partial charge in [0.25, 0.3) is 5.56 Å². The molecule has 28 heavy (non-hydrogen) atoms. The average Bonchev–Trinajstić information content (AvgIpc) is 3.04. The number of hydrogen-bond acceptors (Lipinski definition) is 4. The van der Waals surface area contributed by atoms with Crippen molar-refractivity contribution in [3.63, 3.8) is 0 Å². The van der Waals surface area contributed by atoms with Crippen LogP contribution in [0, 0.1) is 5.92 Å². The fourth-order valence-corrected chi connectivity index (χ4v) is 5.32. The molecule has 1 aliphatic rings. The molecule has 1 aromatic carbocycles. The van der Waals surface area contributed by atoms with E-state index in [9.17, 15) is 19.5 Å². The van der Waals surface area contributed by atoms with Crippen molar-refractivity contribution in [3.05, 3.63) is 67.2 Å². The summed E-state index contributed by atoms with van der Waals surface area (Å²) in [4.78, 5) is 39.2. The Morgan fingerprint density at radius 2 is 1.96 bits per heavy atom. The molecule has 4 rings (SSSR count). The van der Waals surface area contributed by atoms with Crippen LogP contribution in [0.2, 0.25) is 0 Å². The predicted molar refractivity (Wildman–Crippen MR) is 109 cm³/mol. The Morgan fingerprint density at radius 1 is 1.21 bits per heavy atom. The van der Waals surface area contributed by atoms with Gasteiger partial charge < -0.3 is 5.11 Å². The van der Waals surface area contributed by atoms with E-state index < -0.39 is 23.8 Å². The maximum Gasteiger partial charge on any atom is 0.332 e. The second kappa shape index (κ2) is 7.39. The Labute approximate surface area is 165 Å². The average molecular weight is 398 g/mol. The van der Waals surface area contributed by atoms with Crippen LogP contribution >= 0.6 is 11.3 Å². The maximum absolute atomic E-state index is 13.0. The highest BCUT2D eigenvalue weighted by Crippen LogP contribution is 2.36. The molecule has 0 spiro atoms. The second-order valence-corrected chi connectivity index (χ2v) is 8.57. The molecule has 0 radical (unpaired) electrons. The van der Waals surface area contributed by atoms with Crippen LogP contribution < -0.4 is 11.2 Å². The summed E-state index contributed by atoms with van der Waals surface area (Å²) in [5, 5.41) is 9.75. The van der Waals surface area contributed by atoms with Crippen LogP contribution in [0.25, 0.3) is 10.2 Å². The van der Waals surface area contributed by atoms with Crippen LogP contribution in [0.4, 0.5) is 0 Å². The monoisotopic (exact) mass is 398 g/mol. The maximum atomic E-state index is 13.0. The minimum Gasteiger partial charge on any atom is -0.480 e. The van der Waals surface area contributed by atoms with Crippen LogP contribution in [0.5, 0.6) is 0 Å². The first-order chi connectivity index (χ1) is 13.5. The minimum atomic E-state index is -1.19. The lowest BCUT2D eigenvalue weighted by Crippen LogP contribution is -2.41. The molecule has 0 aliphatic heterocycles. The van der Waals surface area contributed by atoms with Gasteiger partial charge in [0.05, 0.1) is 5.39 Å². The van der Waals surface area contributed by atoms with Crippen LogP contribution in [0.1, 0.15) is 29.3 Å². The molecular weight excluding hydrogens is 376 g/mol. The molecule has 0 unspecified atom stereocenters. The Balaban J connectivity index is 1.90. The Bertz CT molecular complexity index is 1160. The van der Waals surface area contributed by atoms with Crippen molar-refractivity contribution in [1.29, 1.82) is 0 Å². The van der Waals surface area contributed by atoms with Gasteiger partial charge in [-0.2, -0.15) is 0 Å². The van der Waals surface area contributed by atoms with Crippen LogP contribution in [-0.2, 0) is 37.1 Å². The van der Waals surface area contributed by atoms with Crippen molar-refractivity contribution in [2.45, 2.75) is 45.7 Å². The zero-order chi connectivity index (χ0) is 19.8. The third-order valence-electron chi connectivity index (χ3n) is 5.42. The molecule has 0 bridgehead atoms. The summed E-state index contributed by atoms with van der Waals surface area (Å²) < 4.78 is 2.47. The zero-order valence-corrected chi connectivity index (χ0v) is 16.5. The van der Waals surface area contributed by atoms with Gasteiger partial charge in [0.1, 0.15) is 11.4 Å². The Morgan fingerprint density at radius 3 is 2.68 bits per heavy atom. The Hall–Kier alpha value is -2.67. The van der Waals surface area contributed by atoms with Gasteiger partial charge >= 0.3 is 11.7 Å². The number of carboxylic acid groups (broad SMARTS) is 1. The first kappa shape index (κ1) is 18.7. The molecule has 3 aromatic rings. The topological polar surface area (TPSA) is 81.3 Å². The SMILES string of the molecule is C[C@H]1CCc2sc3c(c2C1)c(=O)n(CC(=O)O)c(=O)n3CCc1ccccc1. The molecule has 146 valence electrons. The summed E-state index contributed by atoms with van der Waals surface area (Å²) in [7, 11) is 0. The molecule has 1 aliphatic carbocycles. The number of aromatic nitrogens is 2. The molecule has 2 heterocycles. The highest BCUT2D eigenvalue weighted by Gasteiger charge is 2.26. The number of aryl methyl sites for hydroxylation is 3. The van der Waals surface area contributed by atoms with Gasteiger partial charge in [-0.1, -0.05) is 37.3 Å². The lowest BCUT2D eigenvalue weighted by molar-refractivity contribution is -0.137. The molecule has 6 nitrogen and oxygen atoms in total. The number of hydrogen-bond donors (Lipinski definition) is 1. The fraction of sp³-hybridized carbons (Fsp3) is 0.381. The van der Waals surface area contributed by atoms with E-state index in [4.69, 9.17) is 0 Å². The van der Waals surface area contributed by atoms with E-state index in [1.807, 2.05) is 30.3 Å². The smallest absolute Gasteiger partial charge is 0.332 e. The summed E-state index contributed by atoms with van der Waals surface area (Å²) in [6.07, 6.45) is 3.41. The number of carbonyl (C=O) groups is 1. The molecule has 0 fully saturated rings. The quantitative estimate of drug-likeness (QED) is 0.716. The van der Waals surface area contributed by atoms with E-state index >= 15 is 0 Å². The molecule has 0 saturated heterocycles. The normalized spacial score (nSPS) is 16.2. The summed E-state index contributed by atoms with van der Waals surface area (Å²) >= 11 is 1.52. The van der Waals surface area contributed by atoms with Gasteiger partial charge in [0.15, 0.2) is 0 Å². The van der Waals surface area contributed by atoms with E-state index in [0.717, 1.165) is 39.8 Å². The molecule has 2 aromatic heterocycles. The number of rotatable bonds is 5. The first-order valence-corrected chi connectivity index (χ1v) is 10.3. The first-order valence-electron chi connectivity index (χ1n) is 9.49. The number of fused-ring (bicyclic) bond motifs is 3. The molecule has 0 saturated carbocycles. The summed E-state index contributed by atoms with van der Waals surface area (Å²) in [6.45, 7) is 1.96. The van der Waals surface area contributed by atoms with Crippen molar-refractivity contribution < 1.29 is 9.90 Å². The van der Waals surface area contributed by atoms with Crippen molar-refractivity contribution in [2.75, 3.05) is 0 Å². The third-order valence-corrected chi connectivity index (χ3v) is 6.73. The number of thiophene rings is 1. The van der Waals surface area contributed by atoms with Crippen molar-refractivity contribution >= 4 is 27.5 Å². The summed E-state index contributed by atoms with van der Waals surface area (Å²) in [5.41, 5.74) is 1.09. The largest absolute Gasteiger partial charge is 0.480 e. The Kier molecular flexibility index (Phi) is 4.93. The standard InChI is InChI=1S/C21H22N2O4S/c1-13-7-8-16-15(11-13)18-19(26)23(12-17(24)25)21(27)22(20(18)28-16)10-9-14-5-3-2-4-6-14/h2-6,13H,7-12H2,1H3,(H,24,25)/t13-/m0/s1. The molecule has 0 amide bonds. The molecular formula is C21H22N2O4S. The van der Waals surface area contributed by atoms with Gasteiger partial charge in [-0.3, -0.25) is 14.2 Å². The van der Waals surface area contributed by atoms with Crippen molar-refractivity contribution in [1.82, 2.24) is 9.13 Å². The molecule has 1 atom stereocenters. The number of aliphatic carboxylic acids is 1. The molecule has 1 N–H and O–H groups in total. The lowest BCUT2D eigenvalue weighted by atomic mass is 9.89. The van der Waals surface area contributed by atoms with Gasteiger partial charge in [0.2, 0.25) is 0 Å². The van der Waals surface area contributed by atoms with E-state index in [1.165, 1.54) is 11.3 Å². The summed E-state index contributed by atoms with van der Waals surface area (Å²) in [6, 6.07) is 9.83. The molecule has 7 heteroatoms. The van der Waals surface area contributed by atoms with Gasteiger partial charge in [-0.25, -0.2) is 9.36 Å². The van der Waals surface area contributed by atoms with Crippen molar-refractivity contribution in [3.8, 4) is 0 Å². The van der Waals surface area contributed by atoms with Gasteiger partial charge in [-0.15, -0.1) is 11.3 Å². The zero-order valence-electron chi connectivity index (χ0n) is 15.7. The number of carboxylic acids is 1. The van der Waals surface area contributed by atoms with Crippen LogP contribution in [0.15, 0.2) is 39.9 Å². The number of nitrogens with zero attached hydrogens (tertiary/aromatic N) is 2. The van der Waals surface area contributed by atoms with Gasteiger partial charge in [-0.05, 0) is 42.7 Å². The highest BCUT2D eigenvalue weighted by atomic mass is 32.1.